The summed E-state index contributed by atoms with van der Waals surface area (Å²) >= 11 is 0. The van der Waals surface area contributed by atoms with Crippen LogP contribution in [0.4, 0.5) is 0 Å². The van der Waals surface area contributed by atoms with E-state index in [0.29, 0.717) is 0 Å². The Balaban J connectivity index is 2.95. The second kappa shape index (κ2) is 3.92. The Morgan fingerprint density at radius 2 is 2.25 bits per heavy atom. The standard InChI is InChI=1S/C11H13N/c1-4-10-6-5-7-11(8-10)9(2)12-3/h5-9H,4H2,1-2H3. The Hall–Kier alpha value is -1.29. The Kier molecular flexibility index (Phi) is 2.88. The van der Waals surface area contributed by atoms with Crippen molar-refractivity contribution in [3.63, 3.8) is 0 Å². The number of aryl methyl sites for hydroxylation is 1. The summed E-state index contributed by atoms with van der Waals surface area (Å²) < 4.78 is 0. The van der Waals surface area contributed by atoms with E-state index in [2.05, 4.69) is 23.9 Å². The summed E-state index contributed by atoms with van der Waals surface area (Å²) in [6.45, 7) is 11.0. The Morgan fingerprint density at radius 3 is 2.83 bits per heavy atom. The van der Waals surface area contributed by atoms with Crippen molar-refractivity contribution in [3.05, 3.63) is 46.8 Å². The van der Waals surface area contributed by atoms with Crippen molar-refractivity contribution in [2.24, 2.45) is 0 Å². The van der Waals surface area contributed by atoms with E-state index in [1.165, 1.54) is 5.56 Å². The molecule has 0 aliphatic rings. The summed E-state index contributed by atoms with van der Waals surface area (Å²) in [5.41, 5.74) is 2.44. The van der Waals surface area contributed by atoms with Crippen molar-refractivity contribution in [2.75, 3.05) is 0 Å². The van der Waals surface area contributed by atoms with Crippen LogP contribution in [0.1, 0.15) is 31.0 Å². The quantitative estimate of drug-likeness (QED) is 0.583. The molecule has 0 N–H and O–H groups in total. The van der Waals surface area contributed by atoms with Crippen molar-refractivity contribution in [2.45, 2.75) is 26.3 Å². The molecule has 1 heteroatoms. The van der Waals surface area contributed by atoms with Crippen LogP contribution in [0, 0.1) is 6.57 Å². The van der Waals surface area contributed by atoms with Gasteiger partial charge in [0, 0.05) is 12.5 Å². The van der Waals surface area contributed by atoms with Gasteiger partial charge in [-0.25, -0.2) is 6.57 Å². The summed E-state index contributed by atoms with van der Waals surface area (Å²) in [5, 5.41) is 0. The Morgan fingerprint density at radius 1 is 1.50 bits per heavy atom. The van der Waals surface area contributed by atoms with Crippen molar-refractivity contribution in [3.8, 4) is 0 Å². The van der Waals surface area contributed by atoms with E-state index in [4.69, 9.17) is 6.57 Å². The number of hydrogen-bond donors (Lipinski definition) is 0. The molecule has 12 heavy (non-hydrogen) atoms. The number of hydrogen-bond acceptors (Lipinski definition) is 0. The minimum atomic E-state index is -0.00324. The molecule has 1 unspecified atom stereocenters. The zero-order valence-electron chi connectivity index (χ0n) is 7.54. The van der Waals surface area contributed by atoms with Crippen molar-refractivity contribution < 1.29 is 0 Å². The van der Waals surface area contributed by atoms with Gasteiger partial charge in [-0.15, -0.1) is 0 Å². The molecule has 0 aliphatic heterocycles. The third-order valence-electron chi connectivity index (χ3n) is 2.04. The van der Waals surface area contributed by atoms with Gasteiger partial charge in [0.2, 0.25) is 6.04 Å². The average Bonchev–Trinajstić information content (AvgIpc) is 2.17. The fraction of sp³-hybridized carbons (Fsp3) is 0.364. The summed E-state index contributed by atoms with van der Waals surface area (Å²) in [7, 11) is 0. The number of rotatable bonds is 2. The van der Waals surface area contributed by atoms with Crippen LogP contribution in [-0.4, -0.2) is 0 Å². The van der Waals surface area contributed by atoms with Crippen LogP contribution in [-0.2, 0) is 6.42 Å². The van der Waals surface area contributed by atoms with Gasteiger partial charge in [0.1, 0.15) is 0 Å². The first kappa shape index (κ1) is 8.80. The molecule has 1 aromatic carbocycles. The summed E-state index contributed by atoms with van der Waals surface area (Å²) in [5.74, 6) is 0. The van der Waals surface area contributed by atoms with E-state index in [1.54, 1.807) is 0 Å². The van der Waals surface area contributed by atoms with Crippen LogP contribution in [0.5, 0.6) is 0 Å². The molecule has 1 atom stereocenters. The van der Waals surface area contributed by atoms with Gasteiger partial charge < -0.3 is 4.85 Å². The molecule has 1 rings (SSSR count). The molecule has 62 valence electrons. The lowest BCUT2D eigenvalue weighted by Crippen LogP contribution is -1.88. The Bertz CT molecular complexity index is 296. The topological polar surface area (TPSA) is 4.36 Å². The summed E-state index contributed by atoms with van der Waals surface area (Å²) in [4.78, 5) is 3.48. The molecule has 0 aromatic heterocycles. The summed E-state index contributed by atoms with van der Waals surface area (Å²) in [6, 6.07) is 8.25. The van der Waals surface area contributed by atoms with E-state index in [9.17, 15) is 0 Å². The highest BCUT2D eigenvalue weighted by Gasteiger charge is 2.07. The minimum Gasteiger partial charge on any atom is -0.309 e. The van der Waals surface area contributed by atoms with Gasteiger partial charge in [0.25, 0.3) is 0 Å². The van der Waals surface area contributed by atoms with Crippen LogP contribution in [0.25, 0.3) is 4.85 Å². The van der Waals surface area contributed by atoms with Crippen LogP contribution in [0.15, 0.2) is 24.3 Å². The van der Waals surface area contributed by atoms with Gasteiger partial charge in [-0.2, -0.15) is 0 Å². The molecule has 0 saturated heterocycles. The molecule has 0 bridgehead atoms. The first-order chi connectivity index (χ1) is 5.77. The second-order valence-corrected chi connectivity index (χ2v) is 2.90. The van der Waals surface area contributed by atoms with Crippen LogP contribution in [0.2, 0.25) is 0 Å². The van der Waals surface area contributed by atoms with Crippen LogP contribution >= 0.6 is 0 Å². The van der Waals surface area contributed by atoms with Crippen molar-refractivity contribution >= 4 is 0 Å². The van der Waals surface area contributed by atoms with Gasteiger partial charge in [-0.3, -0.25) is 0 Å². The fourth-order valence-corrected chi connectivity index (χ4v) is 1.15. The average molecular weight is 159 g/mol. The monoisotopic (exact) mass is 159 g/mol. The van der Waals surface area contributed by atoms with E-state index in [1.807, 2.05) is 19.1 Å². The lowest BCUT2D eigenvalue weighted by molar-refractivity contribution is 0.952. The highest BCUT2D eigenvalue weighted by atomic mass is 14.7. The van der Waals surface area contributed by atoms with Crippen molar-refractivity contribution in [1.29, 1.82) is 0 Å². The maximum Gasteiger partial charge on any atom is 0.245 e. The molecule has 1 aromatic rings. The summed E-state index contributed by atoms with van der Waals surface area (Å²) in [6.07, 6.45) is 1.04. The third-order valence-corrected chi connectivity index (χ3v) is 2.04. The maximum absolute atomic E-state index is 6.90. The first-order valence-electron chi connectivity index (χ1n) is 4.23. The van der Waals surface area contributed by atoms with Crippen molar-refractivity contribution in [1.82, 2.24) is 0 Å². The maximum atomic E-state index is 6.90. The normalized spacial score (nSPS) is 12.1. The van der Waals surface area contributed by atoms with Gasteiger partial charge >= 0.3 is 0 Å². The lowest BCUT2D eigenvalue weighted by Gasteiger charge is -2.01. The minimum absolute atomic E-state index is 0.00324. The number of nitrogens with zero attached hydrogens (tertiary/aromatic N) is 1. The highest BCUT2D eigenvalue weighted by molar-refractivity contribution is 5.27. The SMILES string of the molecule is [C-]#[N+]C(C)c1cccc(CC)c1. The molecule has 0 radical (unpaired) electrons. The molecular weight excluding hydrogens is 146 g/mol. The van der Waals surface area contributed by atoms with Gasteiger partial charge in [0.15, 0.2) is 0 Å². The van der Waals surface area contributed by atoms with E-state index < -0.39 is 0 Å². The molecule has 0 heterocycles. The predicted molar refractivity (Wildman–Crippen MR) is 50.8 cm³/mol. The van der Waals surface area contributed by atoms with Gasteiger partial charge in [0.05, 0.1) is 0 Å². The molecule has 0 aliphatic carbocycles. The molecule has 0 spiro atoms. The molecular formula is C11H13N. The zero-order chi connectivity index (χ0) is 8.97. The smallest absolute Gasteiger partial charge is 0.245 e. The second-order valence-electron chi connectivity index (χ2n) is 2.90. The third kappa shape index (κ3) is 1.85. The predicted octanol–water partition coefficient (Wildman–Crippen LogP) is 3.23. The van der Waals surface area contributed by atoms with Crippen LogP contribution < -0.4 is 0 Å². The first-order valence-corrected chi connectivity index (χ1v) is 4.23. The van der Waals surface area contributed by atoms with Gasteiger partial charge in [-0.05, 0) is 18.1 Å². The molecule has 1 nitrogen and oxygen atoms in total. The van der Waals surface area contributed by atoms with Gasteiger partial charge in [-0.1, -0.05) is 25.1 Å². The Labute approximate surface area is 73.9 Å². The van der Waals surface area contributed by atoms with Crippen LogP contribution in [0.3, 0.4) is 0 Å². The largest absolute Gasteiger partial charge is 0.309 e. The zero-order valence-corrected chi connectivity index (χ0v) is 7.54. The molecule has 0 amide bonds. The molecule has 0 fully saturated rings. The molecule has 0 saturated carbocycles. The number of benzene rings is 1. The highest BCUT2D eigenvalue weighted by Crippen LogP contribution is 2.17. The fourth-order valence-electron chi connectivity index (χ4n) is 1.15. The van der Waals surface area contributed by atoms with E-state index in [0.717, 1.165) is 12.0 Å². The van der Waals surface area contributed by atoms with E-state index >= 15 is 0 Å². The van der Waals surface area contributed by atoms with E-state index in [-0.39, 0.29) is 6.04 Å². The lowest BCUT2D eigenvalue weighted by atomic mass is 10.0.